The highest BCUT2D eigenvalue weighted by molar-refractivity contribution is 7.92. The molecule has 6 nitrogen and oxygen atoms in total. The number of anilines is 3. The van der Waals surface area contributed by atoms with Crippen molar-refractivity contribution in [2.75, 3.05) is 10.0 Å². The van der Waals surface area contributed by atoms with Crippen molar-refractivity contribution in [2.45, 2.75) is 11.8 Å². The average molecular weight is 385 g/mol. The summed E-state index contributed by atoms with van der Waals surface area (Å²) < 4.78 is 39.8. The lowest BCUT2D eigenvalue weighted by Crippen LogP contribution is -2.13. The molecule has 0 atom stereocenters. The van der Waals surface area contributed by atoms with Gasteiger partial charge in [0.1, 0.15) is 11.6 Å². The molecule has 2 N–H and O–H groups in total. The van der Waals surface area contributed by atoms with Crippen molar-refractivity contribution >= 4 is 33.0 Å². The summed E-state index contributed by atoms with van der Waals surface area (Å²) >= 11 is 0. The highest BCUT2D eigenvalue weighted by Crippen LogP contribution is 2.20. The molecular weight excluding hydrogens is 369 g/mol. The molecule has 0 spiro atoms. The van der Waals surface area contributed by atoms with E-state index < -0.39 is 15.8 Å². The Morgan fingerprint density at radius 1 is 1.00 bits per heavy atom. The third-order valence-corrected chi connectivity index (χ3v) is 5.05. The number of ketones is 1. The van der Waals surface area contributed by atoms with Gasteiger partial charge in [0.05, 0.1) is 16.8 Å². The number of halogens is 1. The summed E-state index contributed by atoms with van der Waals surface area (Å²) in [6, 6.07) is 14.6. The first kappa shape index (κ1) is 18.5. The number of aromatic nitrogens is 1. The number of nitrogens with zero attached hydrogens (tertiary/aromatic N) is 1. The van der Waals surface area contributed by atoms with E-state index in [1.807, 2.05) is 0 Å². The Morgan fingerprint density at radius 3 is 2.37 bits per heavy atom. The predicted molar refractivity (Wildman–Crippen MR) is 101 cm³/mol. The van der Waals surface area contributed by atoms with E-state index in [-0.39, 0.29) is 16.5 Å². The molecule has 0 fully saturated rings. The van der Waals surface area contributed by atoms with E-state index in [0.717, 1.165) is 12.1 Å². The van der Waals surface area contributed by atoms with Crippen molar-refractivity contribution in [2.24, 2.45) is 0 Å². The number of rotatable bonds is 6. The molecule has 0 saturated carbocycles. The van der Waals surface area contributed by atoms with Crippen LogP contribution in [0.2, 0.25) is 0 Å². The highest BCUT2D eigenvalue weighted by Gasteiger charge is 2.14. The molecular formula is C19H16FN3O3S. The largest absolute Gasteiger partial charge is 0.354 e. The van der Waals surface area contributed by atoms with Crippen molar-refractivity contribution in [3.05, 3.63) is 78.2 Å². The van der Waals surface area contributed by atoms with Crippen molar-refractivity contribution < 1.29 is 17.6 Å². The van der Waals surface area contributed by atoms with Crippen molar-refractivity contribution in [3.63, 3.8) is 0 Å². The lowest BCUT2D eigenvalue weighted by atomic mass is 10.1. The van der Waals surface area contributed by atoms with Crippen LogP contribution >= 0.6 is 0 Å². The zero-order chi connectivity index (χ0) is 19.4. The van der Waals surface area contributed by atoms with E-state index in [4.69, 9.17) is 0 Å². The molecule has 138 valence electrons. The predicted octanol–water partition coefficient (Wildman–Crippen LogP) is 3.97. The second-order valence-electron chi connectivity index (χ2n) is 5.75. The SMILES string of the molecule is CC(=O)c1cccc(Nc2ccc(NS(=O)(=O)c3ccc(F)cc3)nc2)c1. The maximum Gasteiger partial charge on any atom is 0.263 e. The number of hydrogen-bond donors (Lipinski definition) is 2. The first-order valence-electron chi connectivity index (χ1n) is 7.96. The molecule has 0 aliphatic heterocycles. The molecule has 0 aliphatic rings. The molecule has 0 unspecified atom stereocenters. The molecule has 0 aliphatic carbocycles. The van der Waals surface area contributed by atoms with Crippen molar-refractivity contribution in [1.29, 1.82) is 0 Å². The lowest BCUT2D eigenvalue weighted by Gasteiger charge is -2.10. The Hall–Kier alpha value is -3.26. The van der Waals surface area contributed by atoms with Crippen LogP contribution in [-0.4, -0.2) is 19.2 Å². The minimum Gasteiger partial charge on any atom is -0.354 e. The van der Waals surface area contributed by atoms with Gasteiger partial charge in [0.15, 0.2) is 5.78 Å². The summed E-state index contributed by atoms with van der Waals surface area (Å²) in [5.41, 5.74) is 1.92. The third kappa shape index (κ3) is 4.68. The number of nitrogens with one attached hydrogen (secondary N) is 2. The molecule has 1 aromatic heterocycles. The normalized spacial score (nSPS) is 11.0. The standard InChI is InChI=1S/C19H16FN3O3S/c1-13(24)14-3-2-4-16(11-14)22-17-7-10-19(21-12-17)23-27(25,26)18-8-5-15(20)6-9-18/h2-12,22H,1H3,(H,21,23). The van der Waals surface area contributed by atoms with Crippen LogP contribution in [0.3, 0.4) is 0 Å². The molecule has 2 aromatic carbocycles. The zero-order valence-corrected chi connectivity index (χ0v) is 15.1. The summed E-state index contributed by atoms with van der Waals surface area (Å²) in [6.45, 7) is 1.49. The lowest BCUT2D eigenvalue weighted by molar-refractivity contribution is 0.101. The third-order valence-electron chi connectivity index (χ3n) is 3.68. The maximum atomic E-state index is 12.9. The quantitative estimate of drug-likeness (QED) is 0.627. The first-order valence-corrected chi connectivity index (χ1v) is 9.44. The van der Waals surface area contributed by atoms with Crippen LogP contribution in [0, 0.1) is 5.82 Å². The van der Waals surface area contributed by atoms with Gasteiger partial charge in [-0.05, 0) is 55.5 Å². The van der Waals surface area contributed by atoms with Gasteiger partial charge in [0.2, 0.25) is 0 Å². The molecule has 1 heterocycles. The van der Waals surface area contributed by atoms with Crippen molar-refractivity contribution in [1.82, 2.24) is 4.98 Å². The monoisotopic (exact) mass is 385 g/mol. The van der Waals surface area contributed by atoms with Gasteiger partial charge in [0, 0.05) is 11.3 Å². The minimum atomic E-state index is -3.85. The molecule has 0 saturated heterocycles. The topological polar surface area (TPSA) is 88.2 Å². The van der Waals surface area contributed by atoms with Gasteiger partial charge < -0.3 is 5.32 Å². The van der Waals surface area contributed by atoms with E-state index in [2.05, 4.69) is 15.0 Å². The van der Waals surface area contributed by atoms with Crippen LogP contribution in [0.4, 0.5) is 21.6 Å². The first-order chi connectivity index (χ1) is 12.8. The van der Waals surface area contributed by atoms with Gasteiger partial charge >= 0.3 is 0 Å². The van der Waals surface area contributed by atoms with E-state index in [1.54, 1.807) is 30.3 Å². The van der Waals surface area contributed by atoms with Gasteiger partial charge in [-0.25, -0.2) is 17.8 Å². The molecule has 0 bridgehead atoms. The number of sulfonamides is 1. The van der Waals surface area contributed by atoms with Crippen LogP contribution in [0.1, 0.15) is 17.3 Å². The van der Waals surface area contributed by atoms with E-state index >= 15 is 0 Å². The molecule has 8 heteroatoms. The summed E-state index contributed by atoms with van der Waals surface area (Å²) in [6.07, 6.45) is 1.46. The Labute approximate surface area is 156 Å². The molecule has 3 rings (SSSR count). The number of Topliss-reactive ketones (excluding diaryl/α,β-unsaturated/α-hetero) is 1. The minimum absolute atomic E-state index is 0.0395. The smallest absolute Gasteiger partial charge is 0.263 e. The second kappa shape index (κ2) is 7.55. The number of carbonyl (C=O) groups excluding carboxylic acids is 1. The molecule has 0 radical (unpaired) electrons. The highest BCUT2D eigenvalue weighted by atomic mass is 32.2. The number of benzene rings is 2. The van der Waals surface area contributed by atoms with Crippen molar-refractivity contribution in [3.8, 4) is 0 Å². The van der Waals surface area contributed by atoms with Gasteiger partial charge in [-0.2, -0.15) is 0 Å². The number of pyridine rings is 1. The van der Waals surface area contributed by atoms with E-state index in [1.165, 1.54) is 31.3 Å². The van der Waals surface area contributed by atoms with Crippen LogP contribution in [0.25, 0.3) is 0 Å². The van der Waals surface area contributed by atoms with E-state index in [9.17, 15) is 17.6 Å². The van der Waals surface area contributed by atoms with Gasteiger partial charge in [-0.3, -0.25) is 9.52 Å². The summed E-state index contributed by atoms with van der Waals surface area (Å²) in [5.74, 6) is -0.430. The van der Waals surface area contributed by atoms with Crippen LogP contribution in [0.15, 0.2) is 71.8 Å². The summed E-state index contributed by atoms with van der Waals surface area (Å²) in [7, 11) is -3.85. The van der Waals surface area contributed by atoms with Crippen LogP contribution in [0.5, 0.6) is 0 Å². The zero-order valence-electron chi connectivity index (χ0n) is 14.3. The second-order valence-corrected chi connectivity index (χ2v) is 7.44. The molecule has 27 heavy (non-hydrogen) atoms. The Balaban J connectivity index is 1.73. The van der Waals surface area contributed by atoms with E-state index in [0.29, 0.717) is 16.9 Å². The summed E-state index contributed by atoms with van der Waals surface area (Å²) in [5, 5.41) is 3.09. The number of carbonyl (C=O) groups is 1. The fraction of sp³-hybridized carbons (Fsp3) is 0.0526. The Kier molecular flexibility index (Phi) is 5.18. The molecule has 3 aromatic rings. The fourth-order valence-corrected chi connectivity index (χ4v) is 3.33. The fourth-order valence-electron chi connectivity index (χ4n) is 2.32. The average Bonchev–Trinajstić information content (AvgIpc) is 2.64. The maximum absolute atomic E-state index is 12.9. The Bertz CT molecular complexity index is 1070. The van der Waals surface area contributed by atoms with Gasteiger partial charge in [-0.1, -0.05) is 12.1 Å². The van der Waals surface area contributed by atoms with Gasteiger partial charge in [0.25, 0.3) is 10.0 Å². The van der Waals surface area contributed by atoms with Gasteiger partial charge in [-0.15, -0.1) is 0 Å². The number of hydrogen-bond acceptors (Lipinski definition) is 5. The molecule has 0 amide bonds. The summed E-state index contributed by atoms with van der Waals surface area (Å²) in [4.78, 5) is 15.4. The van der Waals surface area contributed by atoms with Crippen LogP contribution in [-0.2, 0) is 10.0 Å². The van der Waals surface area contributed by atoms with Crippen LogP contribution < -0.4 is 10.0 Å². The Morgan fingerprint density at radius 2 is 1.74 bits per heavy atom.